The molecule has 0 saturated heterocycles. The lowest BCUT2D eigenvalue weighted by Gasteiger charge is -1.97. The second-order valence-corrected chi connectivity index (χ2v) is 6.59. The molecule has 3 aromatic heterocycles. The van der Waals surface area contributed by atoms with Crippen LogP contribution in [0.15, 0.2) is 17.8 Å². The van der Waals surface area contributed by atoms with Crippen LogP contribution >= 0.6 is 22.7 Å². The Bertz CT molecular complexity index is 716. The summed E-state index contributed by atoms with van der Waals surface area (Å²) in [4.78, 5) is 17.3. The van der Waals surface area contributed by atoms with Gasteiger partial charge >= 0.3 is 0 Å². The fourth-order valence-corrected chi connectivity index (χ4v) is 3.44. The fraction of sp³-hybridized carbons (Fsp3) is 0.385. The topological polar surface area (TPSA) is 72.2 Å². The molecule has 0 saturated carbocycles. The Morgan fingerprint density at radius 2 is 2.33 bits per heavy atom. The Morgan fingerprint density at radius 1 is 1.43 bits per heavy atom. The predicted molar refractivity (Wildman–Crippen MR) is 83.9 cm³/mol. The first-order valence-corrected chi connectivity index (χ1v) is 8.47. The van der Waals surface area contributed by atoms with Gasteiger partial charge in [-0.25, -0.2) is 4.98 Å². The number of nitrogens with zero attached hydrogens (tertiary/aromatic N) is 4. The van der Waals surface area contributed by atoms with Crippen molar-refractivity contribution in [2.75, 3.05) is 5.32 Å². The molecule has 0 aliphatic rings. The van der Waals surface area contributed by atoms with Gasteiger partial charge in [-0.1, -0.05) is 24.7 Å². The fourth-order valence-electron chi connectivity index (χ4n) is 1.92. The number of imidazole rings is 1. The van der Waals surface area contributed by atoms with Crippen molar-refractivity contribution in [3.05, 3.63) is 28.5 Å². The van der Waals surface area contributed by atoms with E-state index in [-0.39, 0.29) is 12.3 Å². The molecule has 0 spiro atoms. The van der Waals surface area contributed by atoms with Crippen molar-refractivity contribution in [2.45, 2.75) is 32.6 Å². The maximum absolute atomic E-state index is 12.0. The first kappa shape index (κ1) is 14.2. The van der Waals surface area contributed by atoms with Crippen molar-refractivity contribution in [3.8, 4) is 0 Å². The molecule has 0 aliphatic carbocycles. The van der Waals surface area contributed by atoms with Gasteiger partial charge in [-0.05, 0) is 6.42 Å². The van der Waals surface area contributed by atoms with E-state index in [9.17, 15) is 4.79 Å². The van der Waals surface area contributed by atoms with E-state index in [1.54, 1.807) is 11.3 Å². The van der Waals surface area contributed by atoms with Crippen molar-refractivity contribution >= 4 is 38.7 Å². The first-order valence-electron chi connectivity index (χ1n) is 6.78. The van der Waals surface area contributed by atoms with Crippen molar-refractivity contribution in [1.82, 2.24) is 19.6 Å². The molecule has 21 heavy (non-hydrogen) atoms. The smallest absolute Gasteiger partial charge is 0.232 e. The van der Waals surface area contributed by atoms with Crippen LogP contribution in [0.4, 0.5) is 5.13 Å². The van der Waals surface area contributed by atoms with Crippen LogP contribution in [0.25, 0.3) is 4.96 Å². The van der Waals surface area contributed by atoms with E-state index in [1.165, 1.54) is 11.3 Å². The van der Waals surface area contributed by atoms with Gasteiger partial charge in [0.2, 0.25) is 11.0 Å². The highest BCUT2D eigenvalue weighted by Crippen LogP contribution is 2.18. The van der Waals surface area contributed by atoms with Crippen molar-refractivity contribution in [3.63, 3.8) is 0 Å². The number of aromatic nitrogens is 4. The summed E-state index contributed by atoms with van der Waals surface area (Å²) in [5, 5.41) is 14.3. The van der Waals surface area contributed by atoms with Crippen molar-refractivity contribution < 1.29 is 4.79 Å². The number of thiazole rings is 1. The molecule has 0 unspecified atom stereocenters. The summed E-state index contributed by atoms with van der Waals surface area (Å²) in [5.41, 5.74) is 0.759. The van der Waals surface area contributed by atoms with Crippen LogP contribution in [0.3, 0.4) is 0 Å². The van der Waals surface area contributed by atoms with Gasteiger partial charge in [0.25, 0.3) is 0 Å². The number of rotatable bonds is 6. The lowest BCUT2D eigenvalue weighted by atomic mass is 10.3. The van der Waals surface area contributed by atoms with Gasteiger partial charge in [0.1, 0.15) is 5.01 Å². The van der Waals surface area contributed by atoms with Crippen LogP contribution in [0.2, 0.25) is 0 Å². The SMILES string of the molecule is CCCCc1nnc(NC(=O)Cc2cn3ccsc3n2)s1. The van der Waals surface area contributed by atoms with Gasteiger partial charge in [0.15, 0.2) is 4.96 Å². The van der Waals surface area contributed by atoms with Crippen LogP contribution in [-0.4, -0.2) is 25.5 Å². The predicted octanol–water partition coefficient (Wildman–Crippen LogP) is 2.77. The number of unbranched alkanes of at least 4 members (excludes halogenated alkanes) is 1. The van der Waals surface area contributed by atoms with Crippen LogP contribution in [0.1, 0.15) is 30.5 Å². The Labute approximate surface area is 129 Å². The molecule has 8 heteroatoms. The monoisotopic (exact) mass is 321 g/mol. The molecule has 0 radical (unpaired) electrons. The highest BCUT2D eigenvalue weighted by atomic mass is 32.1. The Balaban J connectivity index is 1.58. The number of nitrogens with one attached hydrogen (secondary N) is 1. The number of carbonyl (C=O) groups excluding carboxylic acids is 1. The summed E-state index contributed by atoms with van der Waals surface area (Å²) in [6.45, 7) is 2.14. The van der Waals surface area contributed by atoms with E-state index in [4.69, 9.17) is 0 Å². The third-order valence-electron chi connectivity index (χ3n) is 2.94. The van der Waals surface area contributed by atoms with Gasteiger partial charge in [-0.3, -0.25) is 9.20 Å². The molecule has 110 valence electrons. The van der Waals surface area contributed by atoms with Gasteiger partial charge in [0, 0.05) is 24.2 Å². The first-order chi connectivity index (χ1) is 10.2. The van der Waals surface area contributed by atoms with E-state index in [0.29, 0.717) is 5.13 Å². The van der Waals surface area contributed by atoms with Crippen LogP contribution in [0, 0.1) is 0 Å². The van der Waals surface area contributed by atoms with E-state index in [1.807, 2.05) is 22.2 Å². The molecule has 0 aliphatic heterocycles. The number of fused-ring (bicyclic) bond motifs is 1. The average molecular weight is 321 g/mol. The average Bonchev–Trinajstić information content (AvgIpc) is 3.12. The van der Waals surface area contributed by atoms with Crippen LogP contribution < -0.4 is 5.32 Å². The minimum absolute atomic E-state index is 0.112. The largest absolute Gasteiger partial charge is 0.300 e. The maximum atomic E-state index is 12.0. The zero-order chi connectivity index (χ0) is 14.7. The molecule has 0 atom stereocenters. The number of amides is 1. The van der Waals surface area contributed by atoms with Gasteiger partial charge in [-0.2, -0.15) is 0 Å². The van der Waals surface area contributed by atoms with Gasteiger partial charge < -0.3 is 5.32 Å². The molecule has 0 fully saturated rings. The molecule has 1 N–H and O–H groups in total. The summed E-state index contributed by atoms with van der Waals surface area (Å²) in [5.74, 6) is -0.112. The quantitative estimate of drug-likeness (QED) is 0.758. The third-order valence-corrected chi connectivity index (χ3v) is 4.61. The molecule has 0 bridgehead atoms. The Kier molecular flexibility index (Phi) is 4.26. The third kappa shape index (κ3) is 3.45. The molecule has 1 amide bonds. The normalized spacial score (nSPS) is 11.1. The zero-order valence-corrected chi connectivity index (χ0v) is 13.2. The van der Waals surface area contributed by atoms with Crippen LogP contribution in [-0.2, 0) is 17.6 Å². The lowest BCUT2D eigenvalue weighted by molar-refractivity contribution is -0.115. The molecular formula is C13H15N5OS2. The molecular weight excluding hydrogens is 306 g/mol. The molecule has 6 nitrogen and oxygen atoms in total. The van der Waals surface area contributed by atoms with E-state index < -0.39 is 0 Å². The molecule has 3 heterocycles. The molecule has 3 rings (SSSR count). The summed E-state index contributed by atoms with van der Waals surface area (Å²) in [6.07, 6.45) is 7.18. The Hall–Kier alpha value is -1.80. The van der Waals surface area contributed by atoms with E-state index in [2.05, 4.69) is 27.4 Å². The summed E-state index contributed by atoms with van der Waals surface area (Å²) >= 11 is 2.99. The highest BCUT2D eigenvalue weighted by Gasteiger charge is 2.11. The standard InChI is InChI=1S/C13H15N5OS2/c1-2-3-4-11-16-17-12(21-11)15-10(19)7-9-8-18-5-6-20-13(18)14-9/h5-6,8H,2-4,7H2,1H3,(H,15,17,19). The maximum Gasteiger partial charge on any atom is 0.232 e. The number of carbonyl (C=O) groups is 1. The number of anilines is 1. The van der Waals surface area contributed by atoms with E-state index in [0.717, 1.165) is 34.9 Å². The minimum Gasteiger partial charge on any atom is -0.300 e. The molecule has 3 aromatic rings. The Morgan fingerprint density at radius 3 is 3.14 bits per heavy atom. The van der Waals surface area contributed by atoms with Crippen LogP contribution in [0.5, 0.6) is 0 Å². The summed E-state index contributed by atoms with van der Waals surface area (Å²) in [6, 6.07) is 0. The van der Waals surface area contributed by atoms with E-state index >= 15 is 0 Å². The second kappa shape index (κ2) is 6.31. The number of hydrogen-bond acceptors (Lipinski definition) is 6. The summed E-state index contributed by atoms with van der Waals surface area (Å²) < 4.78 is 1.92. The number of hydrogen-bond donors (Lipinski definition) is 1. The van der Waals surface area contributed by atoms with Gasteiger partial charge in [-0.15, -0.1) is 21.5 Å². The minimum atomic E-state index is -0.112. The highest BCUT2D eigenvalue weighted by molar-refractivity contribution is 7.15. The zero-order valence-electron chi connectivity index (χ0n) is 11.6. The number of aryl methyl sites for hydroxylation is 1. The lowest BCUT2D eigenvalue weighted by Crippen LogP contribution is -2.14. The second-order valence-electron chi connectivity index (χ2n) is 4.65. The van der Waals surface area contributed by atoms with Gasteiger partial charge in [0.05, 0.1) is 12.1 Å². The summed E-state index contributed by atoms with van der Waals surface area (Å²) in [7, 11) is 0. The molecule has 0 aromatic carbocycles. The van der Waals surface area contributed by atoms with Crippen molar-refractivity contribution in [1.29, 1.82) is 0 Å². The van der Waals surface area contributed by atoms with Crippen molar-refractivity contribution in [2.24, 2.45) is 0 Å².